The predicted octanol–water partition coefficient (Wildman–Crippen LogP) is 0.915. The SMILES string of the molecule is C=CC(=O)OCC(C)C(=O)OCC. The van der Waals surface area contributed by atoms with Gasteiger partial charge in [0.15, 0.2) is 0 Å². The first-order valence-corrected chi connectivity index (χ1v) is 4.07. The fourth-order valence-corrected chi connectivity index (χ4v) is 0.619. The zero-order valence-corrected chi connectivity index (χ0v) is 7.91. The van der Waals surface area contributed by atoms with Crippen molar-refractivity contribution in [1.82, 2.24) is 0 Å². The van der Waals surface area contributed by atoms with Crippen molar-refractivity contribution < 1.29 is 19.1 Å². The zero-order chi connectivity index (χ0) is 10.3. The number of carbonyl (C=O) groups excluding carboxylic acids is 2. The van der Waals surface area contributed by atoms with Crippen LogP contribution in [0.4, 0.5) is 0 Å². The molecule has 0 aromatic rings. The minimum Gasteiger partial charge on any atom is -0.466 e. The molecule has 0 aliphatic carbocycles. The van der Waals surface area contributed by atoms with E-state index in [2.05, 4.69) is 11.3 Å². The zero-order valence-electron chi connectivity index (χ0n) is 7.91. The highest BCUT2D eigenvalue weighted by molar-refractivity contribution is 5.81. The van der Waals surface area contributed by atoms with Crippen LogP contribution in [0.1, 0.15) is 13.8 Å². The molecular formula is C9H14O4. The summed E-state index contributed by atoms with van der Waals surface area (Å²) < 4.78 is 9.38. The van der Waals surface area contributed by atoms with Gasteiger partial charge in [0.25, 0.3) is 0 Å². The fraction of sp³-hybridized carbons (Fsp3) is 0.556. The molecule has 0 rings (SSSR count). The van der Waals surface area contributed by atoms with E-state index in [0.29, 0.717) is 6.61 Å². The summed E-state index contributed by atoms with van der Waals surface area (Å²) in [5, 5.41) is 0. The van der Waals surface area contributed by atoms with Gasteiger partial charge < -0.3 is 9.47 Å². The average molecular weight is 186 g/mol. The Labute approximate surface area is 77.5 Å². The Morgan fingerprint density at radius 1 is 1.46 bits per heavy atom. The Morgan fingerprint density at radius 3 is 2.54 bits per heavy atom. The van der Waals surface area contributed by atoms with Gasteiger partial charge in [0, 0.05) is 6.08 Å². The van der Waals surface area contributed by atoms with Crippen LogP contribution >= 0.6 is 0 Å². The van der Waals surface area contributed by atoms with Crippen LogP contribution in [0.15, 0.2) is 12.7 Å². The predicted molar refractivity (Wildman–Crippen MR) is 47.0 cm³/mol. The molecule has 1 unspecified atom stereocenters. The second-order valence-corrected chi connectivity index (χ2v) is 2.49. The number of esters is 2. The largest absolute Gasteiger partial charge is 0.466 e. The number of ether oxygens (including phenoxy) is 2. The molecule has 13 heavy (non-hydrogen) atoms. The Bertz CT molecular complexity index is 198. The van der Waals surface area contributed by atoms with Crippen LogP contribution in [0.3, 0.4) is 0 Å². The topological polar surface area (TPSA) is 52.6 Å². The molecule has 1 atom stereocenters. The molecular weight excluding hydrogens is 172 g/mol. The second-order valence-electron chi connectivity index (χ2n) is 2.49. The van der Waals surface area contributed by atoms with Crippen molar-refractivity contribution in [3.63, 3.8) is 0 Å². The summed E-state index contributed by atoms with van der Waals surface area (Å²) in [5.41, 5.74) is 0. The third kappa shape index (κ3) is 5.00. The summed E-state index contributed by atoms with van der Waals surface area (Å²) >= 11 is 0. The van der Waals surface area contributed by atoms with E-state index < -0.39 is 11.9 Å². The van der Waals surface area contributed by atoms with Crippen molar-refractivity contribution >= 4 is 11.9 Å². The summed E-state index contributed by atoms with van der Waals surface area (Å²) in [6.07, 6.45) is 1.05. The van der Waals surface area contributed by atoms with Gasteiger partial charge in [-0.05, 0) is 13.8 Å². The minimum absolute atomic E-state index is 0.0314. The van der Waals surface area contributed by atoms with Gasteiger partial charge >= 0.3 is 11.9 Å². The molecule has 0 aromatic carbocycles. The molecule has 0 saturated heterocycles. The summed E-state index contributed by atoms with van der Waals surface area (Å²) in [4.78, 5) is 21.6. The molecule has 0 aliphatic rings. The maximum absolute atomic E-state index is 11.0. The first-order valence-electron chi connectivity index (χ1n) is 4.07. The van der Waals surface area contributed by atoms with E-state index in [1.54, 1.807) is 13.8 Å². The molecule has 0 aliphatic heterocycles. The molecule has 0 amide bonds. The molecule has 0 aromatic heterocycles. The molecule has 0 bridgehead atoms. The quantitative estimate of drug-likeness (QED) is 0.473. The lowest BCUT2D eigenvalue weighted by Crippen LogP contribution is -2.21. The fourth-order valence-electron chi connectivity index (χ4n) is 0.619. The number of hydrogen-bond acceptors (Lipinski definition) is 4. The van der Waals surface area contributed by atoms with E-state index >= 15 is 0 Å². The van der Waals surface area contributed by atoms with Crippen LogP contribution in [0, 0.1) is 5.92 Å². The Morgan fingerprint density at radius 2 is 2.08 bits per heavy atom. The van der Waals surface area contributed by atoms with Gasteiger partial charge in [-0.1, -0.05) is 6.58 Å². The third-order valence-corrected chi connectivity index (χ3v) is 1.33. The summed E-state index contributed by atoms with van der Waals surface area (Å²) in [6.45, 7) is 6.95. The monoisotopic (exact) mass is 186 g/mol. The van der Waals surface area contributed by atoms with Gasteiger partial charge in [0.05, 0.1) is 12.5 Å². The highest BCUT2D eigenvalue weighted by Crippen LogP contribution is 1.99. The average Bonchev–Trinajstić information content (AvgIpc) is 2.13. The lowest BCUT2D eigenvalue weighted by Gasteiger charge is -2.09. The van der Waals surface area contributed by atoms with E-state index in [4.69, 9.17) is 4.74 Å². The lowest BCUT2D eigenvalue weighted by molar-refractivity contribution is -0.152. The smallest absolute Gasteiger partial charge is 0.330 e. The standard InChI is InChI=1S/C9H14O4/c1-4-8(10)13-6-7(3)9(11)12-5-2/h4,7H,1,5-6H2,2-3H3. The molecule has 74 valence electrons. The molecule has 0 N–H and O–H groups in total. The van der Waals surface area contributed by atoms with Gasteiger partial charge in [-0.15, -0.1) is 0 Å². The number of carbonyl (C=O) groups is 2. The highest BCUT2D eigenvalue weighted by Gasteiger charge is 2.15. The van der Waals surface area contributed by atoms with Crippen molar-refractivity contribution in [3.05, 3.63) is 12.7 Å². The van der Waals surface area contributed by atoms with E-state index in [1.807, 2.05) is 0 Å². The van der Waals surface area contributed by atoms with Crippen LogP contribution in [-0.4, -0.2) is 25.2 Å². The van der Waals surface area contributed by atoms with Crippen LogP contribution in [0.25, 0.3) is 0 Å². The Kier molecular flexibility index (Phi) is 5.59. The summed E-state index contributed by atoms with van der Waals surface area (Å²) in [6, 6.07) is 0. The van der Waals surface area contributed by atoms with Gasteiger partial charge in [-0.2, -0.15) is 0 Å². The molecule has 4 heteroatoms. The van der Waals surface area contributed by atoms with Gasteiger partial charge in [-0.3, -0.25) is 4.79 Å². The van der Waals surface area contributed by atoms with E-state index in [1.165, 1.54) is 0 Å². The normalized spacial score (nSPS) is 11.5. The van der Waals surface area contributed by atoms with E-state index in [0.717, 1.165) is 6.08 Å². The van der Waals surface area contributed by atoms with E-state index in [-0.39, 0.29) is 12.6 Å². The molecule has 0 radical (unpaired) electrons. The van der Waals surface area contributed by atoms with Crippen molar-refractivity contribution in [2.75, 3.05) is 13.2 Å². The first kappa shape index (κ1) is 11.7. The molecule has 0 spiro atoms. The number of rotatable bonds is 5. The van der Waals surface area contributed by atoms with Crippen molar-refractivity contribution in [2.45, 2.75) is 13.8 Å². The maximum atomic E-state index is 11.0. The van der Waals surface area contributed by atoms with Crippen molar-refractivity contribution in [1.29, 1.82) is 0 Å². The molecule has 0 fully saturated rings. The first-order chi connectivity index (χ1) is 6.11. The van der Waals surface area contributed by atoms with Crippen LogP contribution in [0.5, 0.6) is 0 Å². The third-order valence-electron chi connectivity index (χ3n) is 1.33. The molecule has 4 nitrogen and oxygen atoms in total. The minimum atomic E-state index is -0.531. The summed E-state index contributed by atoms with van der Waals surface area (Å²) in [5.74, 6) is -1.32. The maximum Gasteiger partial charge on any atom is 0.330 e. The number of hydrogen-bond donors (Lipinski definition) is 0. The lowest BCUT2D eigenvalue weighted by atomic mass is 10.2. The van der Waals surface area contributed by atoms with Crippen LogP contribution in [-0.2, 0) is 19.1 Å². The van der Waals surface area contributed by atoms with Crippen LogP contribution in [0.2, 0.25) is 0 Å². The Balaban J connectivity index is 3.73. The van der Waals surface area contributed by atoms with Crippen molar-refractivity contribution in [3.8, 4) is 0 Å². The molecule has 0 saturated carbocycles. The Hall–Kier alpha value is -1.32. The van der Waals surface area contributed by atoms with Gasteiger partial charge in [-0.25, -0.2) is 4.79 Å². The van der Waals surface area contributed by atoms with Gasteiger partial charge in [0.2, 0.25) is 0 Å². The van der Waals surface area contributed by atoms with Gasteiger partial charge in [0.1, 0.15) is 6.61 Å². The van der Waals surface area contributed by atoms with Crippen LogP contribution < -0.4 is 0 Å². The summed E-state index contributed by atoms with van der Waals surface area (Å²) in [7, 11) is 0. The molecule has 0 heterocycles. The van der Waals surface area contributed by atoms with Crippen molar-refractivity contribution in [2.24, 2.45) is 5.92 Å². The van der Waals surface area contributed by atoms with E-state index in [9.17, 15) is 9.59 Å². The second kappa shape index (κ2) is 6.22. The highest BCUT2D eigenvalue weighted by atomic mass is 16.5.